The van der Waals surface area contributed by atoms with Crippen LogP contribution in [0.1, 0.15) is 16.8 Å². The van der Waals surface area contributed by atoms with Crippen LogP contribution in [-0.2, 0) is 12.7 Å². The summed E-state index contributed by atoms with van der Waals surface area (Å²) in [5.41, 5.74) is -1.20. The van der Waals surface area contributed by atoms with Crippen LogP contribution in [0.5, 0.6) is 0 Å². The molecule has 0 atom stereocenters. The van der Waals surface area contributed by atoms with Gasteiger partial charge in [-0.15, -0.1) is 0 Å². The molecule has 0 saturated carbocycles. The summed E-state index contributed by atoms with van der Waals surface area (Å²) in [6.45, 7) is -0.320. The number of benzene rings is 1. The zero-order chi connectivity index (χ0) is 15.6. The summed E-state index contributed by atoms with van der Waals surface area (Å²) >= 11 is 5.93. The first-order chi connectivity index (χ1) is 9.82. The molecule has 2 rings (SSSR count). The molecular weight excluding hydrogens is 305 g/mol. The number of halogens is 4. The Labute approximate surface area is 122 Å². The van der Waals surface area contributed by atoms with Gasteiger partial charge in [0.25, 0.3) is 5.56 Å². The van der Waals surface area contributed by atoms with Crippen molar-refractivity contribution in [2.45, 2.75) is 12.7 Å². The third-order valence-corrected chi connectivity index (χ3v) is 3.20. The highest BCUT2D eigenvalue weighted by atomic mass is 35.5. The van der Waals surface area contributed by atoms with Gasteiger partial charge in [-0.25, -0.2) is 0 Å². The standard InChI is InChI=1S/C14H8ClF3N2O/c15-11-6-9(7-19)4-5-10(11)8-20-12(14(16,17)18)2-1-3-13(20)21/h1-6H,8H2. The van der Waals surface area contributed by atoms with E-state index in [-0.39, 0.29) is 11.6 Å². The lowest BCUT2D eigenvalue weighted by molar-refractivity contribution is -0.144. The first-order valence-electron chi connectivity index (χ1n) is 5.78. The predicted octanol–water partition coefficient (Wildman–Crippen LogP) is 3.44. The van der Waals surface area contributed by atoms with Gasteiger partial charge in [-0.2, -0.15) is 18.4 Å². The molecule has 0 aliphatic carbocycles. The smallest absolute Gasteiger partial charge is 0.300 e. The second kappa shape index (κ2) is 5.62. The average molecular weight is 313 g/mol. The normalized spacial score (nSPS) is 11.2. The fourth-order valence-electron chi connectivity index (χ4n) is 1.85. The van der Waals surface area contributed by atoms with Crippen LogP contribution in [0.25, 0.3) is 0 Å². The predicted molar refractivity (Wildman–Crippen MR) is 71.0 cm³/mol. The average Bonchev–Trinajstić information content (AvgIpc) is 2.41. The lowest BCUT2D eigenvalue weighted by atomic mass is 10.1. The van der Waals surface area contributed by atoms with Crippen LogP contribution >= 0.6 is 11.6 Å². The molecule has 108 valence electrons. The number of hydrogen-bond acceptors (Lipinski definition) is 2. The zero-order valence-corrected chi connectivity index (χ0v) is 11.2. The highest BCUT2D eigenvalue weighted by Crippen LogP contribution is 2.29. The molecule has 0 unspecified atom stereocenters. The van der Waals surface area contributed by atoms with E-state index in [2.05, 4.69) is 0 Å². The molecule has 0 saturated heterocycles. The third kappa shape index (κ3) is 3.26. The van der Waals surface area contributed by atoms with Gasteiger partial charge in [-0.05, 0) is 23.8 Å². The molecule has 0 spiro atoms. The third-order valence-electron chi connectivity index (χ3n) is 2.85. The van der Waals surface area contributed by atoms with Crippen LogP contribution in [0.3, 0.4) is 0 Å². The molecule has 0 fully saturated rings. The summed E-state index contributed by atoms with van der Waals surface area (Å²) in [5.74, 6) is 0. The van der Waals surface area contributed by atoms with Crippen molar-refractivity contribution in [1.82, 2.24) is 4.57 Å². The molecule has 3 nitrogen and oxygen atoms in total. The molecule has 2 aromatic rings. The van der Waals surface area contributed by atoms with Crippen molar-refractivity contribution < 1.29 is 13.2 Å². The van der Waals surface area contributed by atoms with Crippen molar-refractivity contribution in [1.29, 1.82) is 5.26 Å². The Kier molecular flexibility index (Phi) is 4.05. The summed E-state index contributed by atoms with van der Waals surface area (Å²) in [4.78, 5) is 11.7. The minimum absolute atomic E-state index is 0.137. The van der Waals surface area contributed by atoms with E-state index < -0.39 is 17.4 Å². The number of rotatable bonds is 2. The molecule has 0 bridgehead atoms. The largest absolute Gasteiger partial charge is 0.431 e. The topological polar surface area (TPSA) is 45.8 Å². The van der Waals surface area contributed by atoms with Gasteiger partial charge >= 0.3 is 6.18 Å². The van der Waals surface area contributed by atoms with Crippen molar-refractivity contribution in [3.8, 4) is 6.07 Å². The van der Waals surface area contributed by atoms with Gasteiger partial charge in [0.2, 0.25) is 0 Å². The maximum atomic E-state index is 12.9. The van der Waals surface area contributed by atoms with Crippen LogP contribution in [-0.4, -0.2) is 4.57 Å². The number of nitriles is 1. The van der Waals surface area contributed by atoms with Crippen molar-refractivity contribution in [3.63, 3.8) is 0 Å². The number of hydrogen-bond donors (Lipinski definition) is 0. The first kappa shape index (κ1) is 15.1. The molecule has 1 heterocycles. The summed E-state index contributed by atoms with van der Waals surface area (Å²) in [7, 11) is 0. The molecule has 0 aliphatic rings. The van der Waals surface area contributed by atoms with E-state index in [1.54, 1.807) is 0 Å². The summed E-state index contributed by atoms with van der Waals surface area (Å²) in [6.07, 6.45) is -4.64. The SMILES string of the molecule is N#Cc1ccc(Cn2c(C(F)(F)F)cccc2=O)c(Cl)c1. The molecule has 0 radical (unpaired) electrons. The Morgan fingerprint density at radius 1 is 1.24 bits per heavy atom. The molecule has 0 amide bonds. The maximum Gasteiger partial charge on any atom is 0.431 e. The number of nitrogens with zero attached hydrogens (tertiary/aromatic N) is 2. The first-order valence-corrected chi connectivity index (χ1v) is 6.16. The minimum atomic E-state index is -4.64. The van der Waals surface area contributed by atoms with E-state index in [1.807, 2.05) is 6.07 Å². The monoisotopic (exact) mass is 312 g/mol. The second-order valence-electron chi connectivity index (χ2n) is 4.25. The maximum absolute atomic E-state index is 12.9. The van der Waals surface area contributed by atoms with E-state index in [0.717, 1.165) is 18.2 Å². The summed E-state index contributed by atoms with van der Waals surface area (Å²) in [5, 5.41) is 8.86. The van der Waals surface area contributed by atoms with Crippen molar-refractivity contribution in [3.05, 3.63) is 68.6 Å². The van der Waals surface area contributed by atoms with Crippen molar-refractivity contribution in [2.24, 2.45) is 0 Å². The molecular formula is C14H8ClF3N2O. The van der Waals surface area contributed by atoms with E-state index >= 15 is 0 Å². The lowest BCUT2D eigenvalue weighted by Crippen LogP contribution is -2.27. The van der Waals surface area contributed by atoms with E-state index in [1.165, 1.54) is 18.2 Å². The van der Waals surface area contributed by atoms with Crippen LogP contribution in [0, 0.1) is 11.3 Å². The Morgan fingerprint density at radius 2 is 1.95 bits per heavy atom. The van der Waals surface area contributed by atoms with Crippen LogP contribution in [0.4, 0.5) is 13.2 Å². The minimum Gasteiger partial charge on any atom is -0.300 e. The molecule has 1 aromatic heterocycles. The quantitative estimate of drug-likeness (QED) is 0.852. The van der Waals surface area contributed by atoms with Gasteiger partial charge in [0.1, 0.15) is 5.69 Å². The Bertz CT molecular complexity index is 775. The fraction of sp³-hybridized carbons (Fsp3) is 0.143. The van der Waals surface area contributed by atoms with Gasteiger partial charge < -0.3 is 0 Å². The molecule has 0 aliphatic heterocycles. The van der Waals surface area contributed by atoms with Crippen LogP contribution < -0.4 is 5.56 Å². The zero-order valence-electron chi connectivity index (χ0n) is 10.5. The highest BCUT2D eigenvalue weighted by molar-refractivity contribution is 6.31. The van der Waals surface area contributed by atoms with Crippen LogP contribution in [0.2, 0.25) is 5.02 Å². The Morgan fingerprint density at radius 3 is 2.52 bits per heavy atom. The second-order valence-corrected chi connectivity index (χ2v) is 4.66. The van der Waals surface area contributed by atoms with Gasteiger partial charge in [-0.1, -0.05) is 23.7 Å². The van der Waals surface area contributed by atoms with Gasteiger partial charge in [0.15, 0.2) is 0 Å². The molecule has 21 heavy (non-hydrogen) atoms. The highest BCUT2D eigenvalue weighted by Gasteiger charge is 2.34. The Hall–Kier alpha value is -2.26. The summed E-state index contributed by atoms with van der Waals surface area (Å²) < 4.78 is 39.3. The van der Waals surface area contributed by atoms with Crippen molar-refractivity contribution >= 4 is 11.6 Å². The van der Waals surface area contributed by atoms with E-state index in [9.17, 15) is 18.0 Å². The van der Waals surface area contributed by atoms with Gasteiger partial charge in [-0.3, -0.25) is 9.36 Å². The molecule has 1 aromatic carbocycles. The number of aromatic nitrogens is 1. The number of pyridine rings is 1. The summed E-state index contributed by atoms with van der Waals surface area (Å²) in [6, 6.07) is 9.02. The fourth-order valence-corrected chi connectivity index (χ4v) is 2.09. The molecule has 0 N–H and O–H groups in total. The van der Waals surface area contributed by atoms with Crippen LogP contribution in [0.15, 0.2) is 41.2 Å². The molecule has 7 heteroatoms. The van der Waals surface area contributed by atoms with Gasteiger partial charge in [0, 0.05) is 11.1 Å². The van der Waals surface area contributed by atoms with Crippen molar-refractivity contribution in [2.75, 3.05) is 0 Å². The van der Waals surface area contributed by atoms with E-state index in [0.29, 0.717) is 15.7 Å². The Balaban J connectivity index is 2.50. The lowest BCUT2D eigenvalue weighted by Gasteiger charge is -2.15. The van der Waals surface area contributed by atoms with E-state index in [4.69, 9.17) is 16.9 Å². The van der Waals surface area contributed by atoms with Gasteiger partial charge in [0.05, 0.1) is 18.2 Å². The number of alkyl halides is 3.